The first-order valence-corrected chi connectivity index (χ1v) is 4.01. The molecule has 0 unspecified atom stereocenters. The summed E-state index contributed by atoms with van der Waals surface area (Å²) in [6.45, 7) is 0. The summed E-state index contributed by atoms with van der Waals surface area (Å²) < 4.78 is 0. The molecule has 0 atom stereocenters. The van der Waals surface area contributed by atoms with Crippen molar-refractivity contribution in [2.75, 3.05) is 0 Å². The van der Waals surface area contributed by atoms with Crippen LogP contribution in [0.5, 0.6) is 0 Å². The highest BCUT2D eigenvalue weighted by Gasteiger charge is 1.88. The van der Waals surface area contributed by atoms with Gasteiger partial charge in [-0.1, -0.05) is 6.07 Å². The summed E-state index contributed by atoms with van der Waals surface area (Å²) in [6, 6.07) is 7.14. The number of nitrogens with zero attached hydrogens (tertiary/aromatic N) is 2. The summed E-state index contributed by atoms with van der Waals surface area (Å²) in [7, 11) is 0. The van der Waals surface area contributed by atoms with E-state index in [-0.39, 0.29) is 0 Å². The van der Waals surface area contributed by atoms with Crippen molar-refractivity contribution in [2.24, 2.45) is 0 Å². The number of carbonyl (C=O) groups is 2. The molecule has 0 fully saturated rings. The van der Waals surface area contributed by atoms with Gasteiger partial charge in [0.1, 0.15) is 11.8 Å². The monoisotopic (exact) mass is 220 g/mol. The van der Waals surface area contributed by atoms with Crippen LogP contribution in [0.4, 0.5) is 0 Å². The van der Waals surface area contributed by atoms with Crippen molar-refractivity contribution in [2.45, 2.75) is 0 Å². The quantitative estimate of drug-likeness (QED) is 0.708. The van der Waals surface area contributed by atoms with Crippen molar-refractivity contribution in [1.82, 2.24) is 4.98 Å². The van der Waals surface area contributed by atoms with Crippen LogP contribution in [0.15, 0.2) is 36.5 Å². The van der Waals surface area contributed by atoms with E-state index in [0.29, 0.717) is 17.8 Å². The van der Waals surface area contributed by atoms with Crippen LogP contribution in [-0.2, 0) is 9.59 Å². The van der Waals surface area contributed by atoms with Crippen LogP contribution in [-0.4, -0.2) is 27.1 Å². The molecule has 0 aliphatic carbocycles. The Balaban J connectivity index is 0.000000281. The molecule has 6 heteroatoms. The maximum Gasteiger partial charge on any atom is 0.328 e. The Morgan fingerprint density at radius 1 is 1.25 bits per heavy atom. The van der Waals surface area contributed by atoms with Crippen LogP contribution in [0, 0.1) is 11.3 Å². The molecular formula is C10H8N2O4. The summed E-state index contributed by atoms with van der Waals surface area (Å²) in [5.41, 5.74) is 0.465. The van der Waals surface area contributed by atoms with E-state index >= 15 is 0 Å². The Kier molecular flexibility index (Phi) is 6.41. The SMILES string of the molecule is N#Cc1ccccn1.O=C(O)/C=C\C(=O)O. The second-order valence-electron chi connectivity index (χ2n) is 2.34. The summed E-state index contributed by atoms with van der Waals surface area (Å²) in [5.74, 6) is -2.51. The molecule has 0 radical (unpaired) electrons. The zero-order valence-corrected chi connectivity index (χ0v) is 8.07. The lowest BCUT2D eigenvalue weighted by Gasteiger charge is -1.79. The molecule has 1 rings (SSSR count). The lowest BCUT2D eigenvalue weighted by Crippen LogP contribution is -1.91. The number of aromatic nitrogens is 1. The summed E-state index contributed by atoms with van der Waals surface area (Å²) >= 11 is 0. The third-order valence-corrected chi connectivity index (χ3v) is 1.15. The van der Waals surface area contributed by atoms with Gasteiger partial charge in [0, 0.05) is 18.3 Å². The normalized spacial score (nSPS) is 8.69. The van der Waals surface area contributed by atoms with Gasteiger partial charge in [0.25, 0.3) is 0 Å². The highest BCUT2D eigenvalue weighted by Crippen LogP contribution is 1.87. The fourth-order valence-corrected chi connectivity index (χ4v) is 0.571. The van der Waals surface area contributed by atoms with Gasteiger partial charge in [-0.15, -0.1) is 0 Å². The molecule has 1 heterocycles. The molecule has 0 spiro atoms. The second kappa shape index (κ2) is 7.70. The van der Waals surface area contributed by atoms with Crippen molar-refractivity contribution in [3.05, 3.63) is 42.2 Å². The minimum atomic E-state index is -1.26. The zero-order valence-electron chi connectivity index (χ0n) is 8.07. The Morgan fingerprint density at radius 2 is 1.81 bits per heavy atom. The highest BCUT2D eigenvalue weighted by molar-refractivity contribution is 5.89. The first kappa shape index (κ1) is 13.3. The minimum Gasteiger partial charge on any atom is -0.478 e. The van der Waals surface area contributed by atoms with Crippen LogP contribution in [0.3, 0.4) is 0 Å². The van der Waals surface area contributed by atoms with Gasteiger partial charge in [-0.25, -0.2) is 14.6 Å². The molecule has 0 amide bonds. The Hall–Kier alpha value is -2.68. The number of carboxylic acid groups (broad SMARTS) is 2. The number of carboxylic acids is 2. The van der Waals surface area contributed by atoms with E-state index in [1.165, 1.54) is 0 Å². The standard InChI is InChI=1S/C6H4N2.C4H4O4/c7-5-6-3-1-2-4-8-6;5-3(6)1-2-4(7)8/h1-4H;1-2H,(H,5,6)(H,7,8)/b;2-1-. The Morgan fingerprint density at radius 3 is 2.06 bits per heavy atom. The molecule has 1 aromatic heterocycles. The summed E-state index contributed by atoms with van der Waals surface area (Å²) in [6.07, 6.45) is 2.71. The molecule has 0 saturated heterocycles. The van der Waals surface area contributed by atoms with Gasteiger partial charge >= 0.3 is 11.9 Å². The largest absolute Gasteiger partial charge is 0.478 e. The van der Waals surface area contributed by atoms with Crippen molar-refractivity contribution in [1.29, 1.82) is 5.26 Å². The second-order valence-corrected chi connectivity index (χ2v) is 2.34. The zero-order chi connectivity index (χ0) is 12.4. The number of rotatable bonds is 2. The van der Waals surface area contributed by atoms with Crippen molar-refractivity contribution < 1.29 is 19.8 Å². The van der Waals surface area contributed by atoms with E-state index in [1.807, 2.05) is 6.07 Å². The number of nitriles is 1. The van der Waals surface area contributed by atoms with Gasteiger partial charge in [-0.3, -0.25) is 0 Å². The van der Waals surface area contributed by atoms with Crippen molar-refractivity contribution >= 4 is 11.9 Å². The predicted octanol–water partition coefficient (Wildman–Crippen LogP) is 0.665. The molecule has 0 saturated carbocycles. The lowest BCUT2D eigenvalue weighted by molar-refractivity contribution is -0.134. The van der Waals surface area contributed by atoms with Gasteiger partial charge in [-0.2, -0.15) is 5.26 Å². The topological polar surface area (TPSA) is 111 Å². The molecule has 6 nitrogen and oxygen atoms in total. The number of hydrogen-bond acceptors (Lipinski definition) is 4. The molecule has 1 aromatic rings. The average molecular weight is 220 g/mol. The van der Waals surface area contributed by atoms with Crippen LogP contribution < -0.4 is 0 Å². The van der Waals surface area contributed by atoms with Gasteiger partial charge in [-0.05, 0) is 12.1 Å². The van der Waals surface area contributed by atoms with Gasteiger partial charge in [0.2, 0.25) is 0 Å². The van der Waals surface area contributed by atoms with E-state index < -0.39 is 11.9 Å². The van der Waals surface area contributed by atoms with Crippen LogP contribution in [0.2, 0.25) is 0 Å². The molecule has 0 aliphatic heterocycles. The van der Waals surface area contributed by atoms with Crippen molar-refractivity contribution in [3.63, 3.8) is 0 Å². The molecule has 16 heavy (non-hydrogen) atoms. The molecule has 0 aliphatic rings. The number of pyridine rings is 1. The smallest absolute Gasteiger partial charge is 0.328 e. The van der Waals surface area contributed by atoms with E-state index in [1.54, 1.807) is 24.4 Å². The van der Waals surface area contributed by atoms with Gasteiger partial charge < -0.3 is 10.2 Å². The fourth-order valence-electron chi connectivity index (χ4n) is 0.571. The third-order valence-electron chi connectivity index (χ3n) is 1.15. The first-order chi connectivity index (χ1) is 7.56. The van der Waals surface area contributed by atoms with E-state index in [2.05, 4.69) is 4.98 Å². The highest BCUT2D eigenvalue weighted by atomic mass is 16.4. The van der Waals surface area contributed by atoms with Gasteiger partial charge in [0.05, 0.1) is 0 Å². The molecule has 0 bridgehead atoms. The molecular weight excluding hydrogens is 212 g/mol. The molecule has 0 aromatic carbocycles. The fraction of sp³-hybridized carbons (Fsp3) is 0. The molecule has 2 N–H and O–H groups in total. The summed E-state index contributed by atoms with van der Waals surface area (Å²) in [4.78, 5) is 22.8. The third kappa shape index (κ3) is 7.94. The lowest BCUT2D eigenvalue weighted by atomic mass is 10.4. The first-order valence-electron chi connectivity index (χ1n) is 4.01. The van der Waals surface area contributed by atoms with E-state index in [9.17, 15) is 9.59 Å². The van der Waals surface area contributed by atoms with E-state index in [0.717, 1.165) is 0 Å². The van der Waals surface area contributed by atoms with Crippen molar-refractivity contribution in [3.8, 4) is 6.07 Å². The minimum absolute atomic E-state index is 0.465. The predicted molar refractivity (Wildman–Crippen MR) is 53.4 cm³/mol. The molecule has 82 valence electrons. The maximum atomic E-state index is 9.55. The number of hydrogen-bond donors (Lipinski definition) is 2. The Bertz CT molecular complexity index is 404. The van der Waals surface area contributed by atoms with Gasteiger partial charge in [0.15, 0.2) is 0 Å². The van der Waals surface area contributed by atoms with Crippen LogP contribution in [0.25, 0.3) is 0 Å². The summed E-state index contributed by atoms with van der Waals surface area (Å²) in [5, 5.41) is 23.8. The van der Waals surface area contributed by atoms with E-state index in [4.69, 9.17) is 15.5 Å². The Labute approximate surface area is 91.1 Å². The maximum absolute atomic E-state index is 9.55. The van der Waals surface area contributed by atoms with Crippen LogP contribution >= 0.6 is 0 Å². The number of aliphatic carboxylic acids is 2. The van der Waals surface area contributed by atoms with Crippen LogP contribution in [0.1, 0.15) is 5.69 Å². The average Bonchev–Trinajstić information content (AvgIpc) is 2.28.